The highest BCUT2D eigenvalue weighted by Gasteiger charge is 2.27. The molecule has 6 aromatic rings. The van der Waals surface area contributed by atoms with Crippen molar-refractivity contribution in [1.82, 2.24) is 19.8 Å². The number of nitrogens with zero attached hydrogens (tertiary/aromatic N) is 4. The van der Waals surface area contributed by atoms with E-state index in [1.807, 2.05) is 78.9 Å². The van der Waals surface area contributed by atoms with Gasteiger partial charge in [-0.1, -0.05) is 51.5 Å². The number of anilines is 2. The van der Waals surface area contributed by atoms with Gasteiger partial charge in [-0.15, -0.1) is 5.10 Å². The van der Waals surface area contributed by atoms with Gasteiger partial charge in [-0.25, -0.2) is 13.4 Å². The molecule has 0 bridgehead atoms. The number of ether oxygens (including phenoxy) is 1. The van der Waals surface area contributed by atoms with E-state index in [9.17, 15) is 8.42 Å². The molecule has 0 saturated heterocycles. The molecule has 37 heavy (non-hydrogen) atoms. The van der Waals surface area contributed by atoms with Crippen LogP contribution in [0.15, 0.2) is 118 Å². The molecule has 0 atom stereocenters. The number of benzene rings is 4. The highest BCUT2D eigenvalue weighted by Crippen LogP contribution is 2.31. The first-order valence-electron chi connectivity index (χ1n) is 11.2. The van der Waals surface area contributed by atoms with Crippen molar-refractivity contribution < 1.29 is 13.2 Å². The molecule has 2 heterocycles. The third-order valence-electron chi connectivity index (χ3n) is 5.70. The Balaban J connectivity index is 1.40. The van der Waals surface area contributed by atoms with Crippen LogP contribution in [-0.4, -0.2) is 28.2 Å². The van der Waals surface area contributed by atoms with Gasteiger partial charge in [-0.3, -0.25) is 0 Å². The molecule has 0 fully saturated rings. The maximum atomic E-state index is 13.4. The van der Waals surface area contributed by atoms with Crippen LogP contribution in [0.25, 0.3) is 16.6 Å². The molecule has 10 heteroatoms. The average Bonchev–Trinajstić information content (AvgIpc) is 3.36. The average molecular weight is 572 g/mol. The summed E-state index contributed by atoms with van der Waals surface area (Å²) in [6, 6.07) is 30.8. The topological polar surface area (TPSA) is 98.5 Å². The van der Waals surface area contributed by atoms with E-state index in [0.29, 0.717) is 17.1 Å². The number of aromatic nitrogens is 4. The van der Waals surface area contributed by atoms with Crippen LogP contribution in [0.1, 0.15) is 0 Å². The minimum atomic E-state index is -3.95. The van der Waals surface area contributed by atoms with E-state index in [0.717, 1.165) is 21.3 Å². The van der Waals surface area contributed by atoms with Gasteiger partial charge < -0.3 is 10.1 Å². The molecule has 0 unspecified atom stereocenters. The standard InChI is InChI=1S/C27H18BrN5O3S/c28-18-10-16-22(17-11-18)37(34,35)27-26-30-25(23-8-4-5-9-24(23)33(26)32-31-27)29-19-12-14-21(15-13-19)36-20-6-2-1-3-7-20/h1-17H,(H,29,30). The lowest BCUT2D eigenvalue weighted by atomic mass is 10.2. The van der Waals surface area contributed by atoms with Gasteiger partial charge in [0.05, 0.1) is 10.4 Å². The van der Waals surface area contributed by atoms with Gasteiger partial charge in [0.1, 0.15) is 17.3 Å². The Morgan fingerprint density at radius 3 is 2.22 bits per heavy atom. The number of fused-ring (bicyclic) bond motifs is 3. The first-order valence-corrected chi connectivity index (χ1v) is 13.5. The molecule has 8 nitrogen and oxygen atoms in total. The first kappa shape index (κ1) is 23.1. The largest absolute Gasteiger partial charge is 0.457 e. The van der Waals surface area contributed by atoms with E-state index in [1.165, 1.54) is 16.6 Å². The van der Waals surface area contributed by atoms with Crippen LogP contribution in [0.3, 0.4) is 0 Å². The van der Waals surface area contributed by atoms with E-state index >= 15 is 0 Å². The Labute approximate surface area is 220 Å². The third-order valence-corrected chi connectivity index (χ3v) is 7.89. The molecule has 0 spiro atoms. The Kier molecular flexibility index (Phi) is 5.82. The lowest BCUT2D eigenvalue weighted by Crippen LogP contribution is -2.05. The van der Waals surface area contributed by atoms with Crippen LogP contribution in [-0.2, 0) is 9.84 Å². The second kappa shape index (κ2) is 9.30. The predicted molar refractivity (Wildman–Crippen MR) is 144 cm³/mol. The monoisotopic (exact) mass is 571 g/mol. The normalized spacial score (nSPS) is 11.6. The van der Waals surface area contributed by atoms with Crippen molar-refractivity contribution in [2.24, 2.45) is 0 Å². The first-order chi connectivity index (χ1) is 18.0. The van der Waals surface area contributed by atoms with Crippen LogP contribution in [0.4, 0.5) is 11.5 Å². The van der Waals surface area contributed by atoms with Gasteiger partial charge >= 0.3 is 0 Å². The van der Waals surface area contributed by atoms with Crippen LogP contribution in [0.2, 0.25) is 0 Å². The van der Waals surface area contributed by atoms with Gasteiger partial charge in [0.25, 0.3) is 0 Å². The van der Waals surface area contributed by atoms with Gasteiger partial charge in [0.2, 0.25) is 14.9 Å². The zero-order valence-electron chi connectivity index (χ0n) is 19.1. The SMILES string of the molecule is O=S(=O)(c1ccc(Br)cc1)c1nnn2c1nc(Nc1ccc(Oc3ccccc3)cc1)c1ccccc12. The zero-order chi connectivity index (χ0) is 25.4. The smallest absolute Gasteiger partial charge is 0.229 e. The summed E-state index contributed by atoms with van der Waals surface area (Å²) in [5, 5.41) is 12.0. The molecule has 4 aromatic carbocycles. The molecule has 182 valence electrons. The Morgan fingerprint density at radius 2 is 1.46 bits per heavy atom. The minimum Gasteiger partial charge on any atom is -0.457 e. The highest BCUT2D eigenvalue weighted by atomic mass is 79.9. The van der Waals surface area contributed by atoms with E-state index in [4.69, 9.17) is 4.74 Å². The molecule has 2 aromatic heterocycles. The maximum Gasteiger partial charge on any atom is 0.229 e. The number of hydrogen-bond donors (Lipinski definition) is 1. The van der Waals surface area contributed by atoms with Crippen molar-refractivity contribution in [2.75, 3.05) is 5.32 Å². The minimum absolute atomic E-state index is 0.108. The van der Waals surface area contributed by atoms with Crippen LogP contribution >= 0.6 is 15.9 Å². The summed E-state index contributed by atoms with van der Waals surface area (Å²) in [5.74, 6) is 1.91. The molecule has 1 N–H and O–H groups in total. The number of nitrogens with one attached hydrogen (secondary N) is 1. The lowest BCUT2D eigenvalue weighted by Gasteiger charge is -2.11. The highest BCUT2D eigenvalue weighted by molar-refractivity contribution is 9.10. The predicted octanol–water partition coefficient (Wildman–Crippen LogP) is 6.41. The van der Waals surface area contributed by atoms with Crippen molar-refractivity contribution in [3.8, 4) is 11.5 Å². The molecule has 0 aliphatic heterocycles. The molecule has 6 rings (SSSR count). The number of sulfone groups is 1. The van der Waals surface area contributed by atoms with Crippen molar-refractivity contribution in [2.45, 2.75) is 9.92 Å². The summed E-state index contributed by atoms with van der Waals surface area (Å²) in [4.78, 5) is 4.77. The van der Waals surface area contributed by atoms with Gasteiger partial charge in [-0.2, -0.15) is 4.52 Å². The number of halogens is 1. The van der Waals surface area contributed by atoms with E-state index < -0.39 is 9.84 Å². The van der Waals surface area contributed by atoms with E-state index in [-0.39, 0.29) is 15.6 Å². The van der Waals surface area contributed by atoms with E-state index in [2.05, 4.69) is 36.5 Å². The third kappa shape index (κ3) is 4.41. The molecular weight excluding hydrogens is 554 g/mol. The van der Waals surface area contributed by atoms with Crippen molar-refractivity contribution >= 4 is 53.8 Å². The Bertz CT molecular complexity index is 1840. The Morgan fingerprint density at radius 1 is 0.784 bits per heavy atom. The fraction of sp³-hybridized carbons (Fsp3) is 0. The van der Waals surface area contributed by atoms with Crippen molar-refractivity contribution in [1.29, 1.82) is 0 Å². The van der Waals surface area contributed by atoms with Crippen molar-refractivity contribution in [3.63, 3.8) is 0 Å². The molecular formula is C27H18BrN5O3S. The van der Waals surface area contributed by atoms with Gasteiger partial charge in [0, 0.05) is 15.5 Å². The fourth-order valence-electron chi connectivity index (χ4n) is 3.91. The molecule has 0 aliphatic rings. The summed E-state index contributed by atoms with van der Waals surface area (Å²) < 4.78 is 34.9. The number of para-hydroxylation sites is 2. The fourth-order valence-corrected chi connectivity index (χ4v) is 5.41. The second-order valence-corrected chi connectivity index (χ2v) is 10.9. The number of rotatable bonds is 6. The Hall–Kier alpha value is -4.28. The summed E-state index contributed by atoms with van der Waals surface area (Å²) in [6.07, 6.45) is 0. The summed E-state index contributed by atoms with van der Waals surface area (Å²) in [5.41, 5.74) is 1.56. The van der Waals surface area contributed by atoms with E-state index in [1.54, 1.807) is 12.1 Å². The van der Waals surface area contributed by atoms with Gasteiger partial charge in [0.15, 0.2) is 5.65 Å². The van der Waals surface area contributed by atoms with Gasteiger partial charge in [-0.05, 0) is 72.8 Å². The quantitative estimate of drug-likeness (QED) is 0.246. The molecule has 0 amide bonds. The summed E-state index contributed by atoms with van der Waals surface area (Å²) >= 11 is 3.33. The van der Waals surface area contributed by atoms with Crippen LogP contribution in [0, 0.1) is 0 Å². The molecule has 0 radical (unpaired) electrons. The van der Waals surface area contributed by atoms with Crippen LogP contribution in [0.5, 0.6) is 11.5 Å². The summed E-state index contributed by atoms with van der Waals surface area (Å²) in [7, 11) is -3.95. The maximum absolute atomic E-state index is 13.4. The number of hydrogen-bond acceptors (Lipinski definition) is 7. The molecule has 0 aliphatic carbocycles. The zero-order valence-corrected chi connectivity index (χ0v) is 21.5. The van der Waals surface area contributed by atoms with Crippen LogP contribution < -0.4 is 10.1 Å². The second-order valence-electron chi connectivity index (χ2n) is 8.13. The summed E-state index contributed by atoms with van der Waals surface area (Å²) in [6.45, 7) is 0. The lowest BCUT2D eigenvalue weighted by molar-refractivity contribution is 0.483. The molecule has 0 saturated carbocycles. The van der Waals surface area contributed by atoms with Crippen molar-refractivity contribution in [3.05, 3.63) is 108 Å².